The van der Waals surface area contributed by atoms with Crippen molar-refractivity contribution in [3.63, 3.8) is 0 Å². The molecule has 5 rings (SSSR count). The van der Waals surface area contributed by atoms with Gasteiger partial charge in [0.2, 0.25) is 5.91 Å². The van der Waals surface area contributed by atoms with Crippen molar-refractivity contribution in [1.29, 1.82) is 0 Å². The zero-order chi connectivity index (χ0) is 22.9. The van der Waals surface area contributed by atoms with Crippen LogP contribution in [-0.2, 0) is 4.79 Å². The predicted octanol–water partition coefficient (Wildman–Crippen LogP) is 6.08. The van der Waals surface area contributed by atoms with E-state index in [0.717, 1.165) is 34.0 Å². The molecule has 1 aliphatic carbocycles. The van der Waals surface area contributed by atoms with E-state index in [-0.39, 0.29) is 23.8 Å². The van der Waals surface area contributed by atoms with Gasteiger partial charge in [-0.3, -0.25) is 9.59 Å². The number of pyridine rings is 1. The molecule has 4 aromatic rings. The van der Waals surface area contributed by atoms with Gasteiger partial charge >= 0.3 is 0 Å². The molecule has 0 unspecified atom stereocenters. The summed E-state index contributed by atoms with van der Waals surface area (Å²) in [5, 5.41) is 8.73. The second-order valence-electron chi connectivity index (χ2n) is 8.18. The summed E-state index contributed by atoms with van der Waals surface area (Å²) in [6, 6.07) is 14.5. The molecule has 0 atom stereocenters. The number of fused-ring (bicyclic) bond motifs is 2. The summed E-state index contributed by atoms with van der Waals surface area (Å²) in [6.45, 7) is 0. The quantitative estimate of drug-likeness (QED) is 0.357. The highest BCUT2D eigenvalue weighted by Crippen LogP contribution is 2.30. The number of benzene rings is 2. The molecule has 2 aromatic carbocycles. The van der Waals surface area contributed by atoms with Crippen molar-refractivity contribution < 1.29 is 9.59 Å². The lowest BCUT2D eigenvalue weighted by molar-refractivity contribution is -0.120. The summed E-state index contributed by atoms with van der Waals surface area (Å²) in [5.41, 5.74) is 1.88. The summed E-state index contributed by atoms with van der Waals surface area (Å²) >= 11 is 13.5. The lowest BCUT2D eigenvalue weighted by atomic mass is 9.85. The zero-order valence-corrected chi connectivity index (χ0v) is 19.8. The third kappa shape index (κ3) is 4.95. The van der Waals surface area contributed by atoms with E-state index in [9.17, 15) is 9.59 Å². The molecular formula is C24H20Cl2N4O2S. The molecule has 168 valence electrons. The largest absolute Gasteiger partial charge is 0.348 e. The number of amides is 2. The third-order valence-corrected chi connectivity index (χ3v) is 7.32. The van der Waals surface area contributed by atoms with E-state index in [2.05, 4.69) is 20.6 Å². The van der Waals surface area contributed by atoms with Crippen molar-refractivity contribution in [2.75, 3.05) is 5.32 Å². The molecule has 0 saturated heterocycles. The first-order chi connectivity index (χ1) is 15.9. The highest BCUT2D eigenvalue weighted by atomic mass is 35.5. The Kier molecular flexibility index (Phi) is 6.19. The average Bonchev–Trinajstić information content (AvgIpc) is 3.20. The standard InChI is InChI=1S/C24H20Cl2N4O2S/c25-15-4-9-18-14(11-15)3-8-19(28-18)23(32)27-17-6-1-13(2-7-17)22(31)30-24-29-20-12-16(26)5-10-21(20)33-24/h3-5,8-13,17H,1-2,6-7H2,(H,27,32)(H,29,30,31). The number of rotatable bonds is 4. The topological polar surface area (TPSA) is 84.0 Å². The SMILES string of the molecule is O=C(NC1CCC(C(=O)Nc2nc3cc(Cl)ccc3s2)CC1)c1ccc2cc(Cl)ccc2n1. The summed E-state index contributed by atoms with van der Waals surface area (Å²) in [7, 11) is 0. The van der Waals surface area contributed by atoms with Gasteiger partial charge in [0.15, 0.2) is 5.13 Å². The molecule has 9 heteroatoms. The first-order valence-corrected chi connectivity index (χ1v) is 12.3. The van der Waals surface area contributed by atoms with Crippen LogP contribution in [0.2, 0.25) is 10.0 Å². The van der Waals surface area contributed by atoms with E-state index in [1.165, 1.54) is 11.3 Å². The van der Waals surface area contributed by atoms with Crippen molar-refractivity contribution in [1.82, 2.24) is 15.3 Å². The number of aromatic nitrogens is 2. The van der Waals surface area contributed by atoms with E-state index in [1.807, 2.05) is 24.3 Å². The molecule has 6 nitrogen and oxygen atoms in total. The maximum Gasteiger partial charge on any atom is 0.270 e. The monoisotopic (exact) mass is 498 g/mol. The zero-order valence-electron chi connectivity index (χ0n) is 17.5. The van der Waals surface area contributed by atoms with Crippen LogP contribution in [0.5, 0.6) is 0 Å². The van der Waals surface area contributed by atoms with Crippen molar-refractivity contribution in [3.8, 4) is 0 Å². The second-order valence-corrected chi connectivity index (χ2v) is 10.1. The molecule has 0 aliphatic heterocycles. The molecule has 2 amide bonds. The van der Waals surface area contributed by atoms with Crippen LogP contribution >= 0.6 is 34.5 Å². The number of thiazole rings is 1. The van der Waals surface area contributed by atoms with E-state index in [1.54, 1.807) is 24.3 Å². The van der Waals surface area contributed by atoms with Crippen molar-refractivity contribution >= 4 is 72.6 Å². The van der Waals surface area contributed by atoms with E-state index in [0.29, 0.717) is 33.7 Å². The Morgan fingerprint density at radius 3 is 2.45 bits per heavy atom. The van der Waals surface area contributed by atoms with Gasteiger partial charge in [-0.1, -0.05) is 40.6 Å². The number of hydrogen-bond donors (Lipinski definition) is 2. The van der Waals surface area contributed by atoms with Crippen molar-refractivity contribution in [2.24, 2.45) is 5.92 Å². The minimum absolute atomic E-state index is 0.0221. The Hall–Kier alpha value is -2.74. The molecule has 0 spiro atoms. The lowest BCUT2D eigenvalue weighted by Crippen LogP contribution is -2.39. The number of halogens is 2. The van der Waals surface area contributed by atoms with Crippen molar-refractivity contribution in [2.45, 2.75) is 31.7 Å². The van der Waals surface area contributed by atoms with Gasteiger partial charge in [-0.15, -0.1) is 0 Å². The van der Waals surface area contributed by atoms with Gasteiger partial charge < -0.3 is 10.6 Å². The summed E-state index contributed by atoms with van der Waals surface area (Å²) in [6.07, 6.45) is 2.89. The maximum absolute atomic E-state index is 12.7. The Morgan fingerprint density at radius 2 is 1.64 bits per heavy atom. The number of anilines is 1. The van der Waals surface area contributed by atoms with Gasteiger partial charge in [-0.2, -0.15) is 0 Å². The van der Waals surface area contributed by atoms with Gasteiger partial charge in [0, 0.05) is 27.4 Å². The Bertz CT molecular complexity index is 1370. The Balaban J connectivity index is 1.16. The molecule has 2 heterocycles. The maximum atomic E-state index is 12.7. The first kappa shape index (κ1) is 22.1. The van der Waals surface area contributed by atoms with Gasteiger partial charge in [-0.25, -0.2) is 9.97 Å². The molecule has 1 aliphatic rings. The lowest BCUT2D eigenvalue weighted by Gasteiger charge is -2.28. The van der Waals surface area contributed by atoms with Crippen molar-refractivity contribution in [3.05, 3.63) is 64.3 Å². The average molecular weight is 499 g/mol. The van der Waals surface area contributed by atoms with Crippen LogP contribution < -0.4 is 10.6 Å². The van der Waals surface area contributed by atoms with Crippen LogP contribution in [-0.4, -0.2) is 27.8 Å². The third-order valence-electron chi connectivity index (χ3n) is 5.90. The fraction of sp³-hybridized carbons (Fsp3) is 0.250. The number of nitrogens with zero attached hydrogens (tertiary/aromatic N) is 2. The van der Waals surface area contributed by atoms with Crippen LogP contribution in [0.3, 0.4) is 0 Å². The Labute approximate surface area is 204 Å². The molecule has 1 saturated carbocycles. The minimum Gasteiger partial charge on any atom is -0.348 e. The second kappa shape index (κ2) is 9.25. The van der Waals surface area contributed by atoms with Gasteiger partial charge in [0.25, 0.3) is 5.91 Å². The predicted molar refractivity (Wildman–Crippen MR) is 133 cm³/mol. The summed E-state index contributed by atoms with van der Waals surface area (Å²) < 4.78 is 0.978. The van der Waals surface area contributed by atoms with Crippen LogP contribution in [0.25, 0.3) is 21.1 Å². The Morgan fingerprint density at radius 1 is 0.879 bits per heavy atom. The smallest absolute Gasteiger partial charge is 0.270 e. The van der Waals surface area contributed by atoms with Crippen LogP contribution in [0.1, 0.15) is 36.2 Å². The number of hydrogen-bond acceptors (Lipinski definition) is 5. The molecule has 0 radical (unpaired) electrons. The van der Waals surface area contributed by atoms with Crippen LogP contribution in [0.15, 0.2) is 48.5 Å². The normalized spacial score (nSPS) is 18.4. The fourth-order valence-corrected chi connectivity index (χ4v) is 5.34. The molecule has 1 fully saturated rings. The van der Waals surface area contributed by atoms with Gasteiger partial charge in [0.05, 0.1) is 15.7 Å². The van der Waals surface area contributed by atoms with Crippen LogP contribution in [0, 0.1) is 5.92 Å². The summed E-state index contributed by atoms with van der Waals surface area (Å²) in [4.78, 5) is 34.3. The minimum atomic E-state index is -0.201. The van der Waals surface area contributed by atoms with Gasteiger partial charge in [0.1, 0.15) is 5.69 Å². The molecular weight excluding hydrogens is 479 g/mol. The molecule has 2 N–H and O–H groups in total. The van der Waals surface area contributed by atoms with E-state index in [4.69, 9.17) is 23.2 Å². The summed E-state index contributed by atoms with van der Waals surface area (Å²) in [5.74, 6) is -0.329. The fourth-order valence-electron chi connectivity index (χ4n) is 4.14. The first-order valence-electron chi connectivity index (χ1n) is 10.7. The highest BCUT2D eigenvalue weighted by Gasteiger charge is 2.28. The molecule has 0 bridgehead atoms. The molecule has 2 aromatic heterocycles. The van der Waals surface area contributed by atoms with Crippen LogP contribution in [0.4, 0.5) is 5.13 Å². The van der Waals surface area contributed by atoms with E-state index >= 15 is 0 Å². The number of nitrogens with one attached hydrogen (secondary N) is 2. The highest BCUT2D eigenvalue weighted by molar-refractivity contribution is 7.22. The number of carbonyl (C=O) groups excluding carboxylic acids is 2. The molecule has 33 heavy (non-hydrogen) atoms. The van der Waals surface area contributed by atoms with Gasteiger partial charge in [-0.05, 0) is 68.1 Å². The van der Waals surface area contributed by atoms with E-state index < -0.39 is 0 Å². The number of carbonyl (C=O) groups is 2.